The van der Waals surface area contributed by atoms with Gasteiger partial charge < -0.3 is 14.7 Å². The van der Waals surface area contributed by atoms with E-state index in [-0.39, 0.29) is 17.7 Å². The van der Waals surface area contributed by atoms with Gasteiger partial charge in [-0.1, -0.05) is 12.1 Å². The lowest BCUT2D eigenvalue weighted by Gasteiger charge is -2.36. The van der Waals surface area contributed by atoms with Gasteiger partial charge in [0.15, 0.2) is 5.71 Å². The number of carboxylic acid groups (broad SMARTS) is 1. The summed E-state index contributed by atoms with van der Waals surface area (Å²) in [7, 11) is 0. The van der Waals surface area contributed by atoms with Crippen molar-refractivity contribution in [1.82, 2.24) is 0 Å². The van der Waals surface area contributed by atoms with Crippen molar-refractivity contribution >= 4 is 11.7 Å². The first-order valence-electron chi connectivity index (χ1n) is 6.03. The third-order valence-electron chi connectivity index (χ3n) is 3.59. The minimum absolute atomic E-state index is 0.0918. The SMILES string of the molecule is C[C@H]1CCO[C@H]([C@H]2C(C(=O)O)=NOC2(C)C)C1. The first-order chi connectivity index (χ1) is 7.92. The molecule has 0 aliphatic carbocycles. The van der Waals surface area contributed by atoms with Gasteiger partial charge in [-0.2, -0.15) is 0 Å². The Kier molecular flexibility index (Phi) is 3.12. The molecule has 1 saturated heterocycles. The topological polar surface area (TPSA) is 68.1 Å². The van der Waals surface area contributed by atoms with E-state index in [2.05, 4.69) is 12.1 Å². The second kappa shape index (κ2) is 4.29. The fraction of sp³-hybridized carbons (Fsp3) is 0.833. The lowest BCUT2D eigenvalue weighted by molar-refractivity contribution is -0.130. The van der Waals surface area contributed by atoms with Crippen LogP contribution >= 0.6 is 0 Å². The molecule has 0 amide bonds. The summed E-state index contributed by atoms with van der Waals surface area (Å²) in [6.07, 6.45) is 1.79. The van der Waals surface area contributed by atoms with Gasteiger partial charge >= 0.3 is 5.97 Å². The summed E-state index contributed by atoms with van der Waals surface area (Å²) < 4.78 is 5.72. The third-order valence-corrected chi connectivity index (χ3v) is 3.59. The van der Waals surface area contributed by atoms with Gasteiger partial charge in [0, 0.05) is 6.61 Å². The van der Waals surface area contributed by atoms with Crippen LogP contribution in [0.5, 0.6) is 0 Å². The predicted octanol–water partition coefficient (Wildman–Crippen LogP) is 1.67. The maximum atomic E-state index is 11.2. The fourth-order valence-electron chi connectivity index (χ4n) is 2.64. The zero-order valence-electron chi connectivity index (χ0n) is 10.5. The minimum Gasteiger partial charge on any atom is -0.477 e. The molecule has 0 saturated carbocycles. The summed E-state index contributed by atoms with van der Waals surface area (Å²) in [5.41, 5.74) is -0.510. The molecular formula is C12H19NO4. The highest BCUT2D eigenvalue weighted by atomic mass is 16.7. The summed E-state index contributed by atoms with van der Waals surface area (Å²) in [6, 6.07) is 0. The van der Waals surface area contributed by atoms with Crippen molar-refractivity contribution in [1.29, 1.82) is 0 Å². The molecule has 0 aromatic rings. The van der Waals surface area contributed by atoms with Gasteiger partial charge in [0.05, 0.1) is 12.0 Å². The molecule has 1 N–H and O–H groups in total. The second-order valence-corrected chi connectivity index (χ2v) is 5.49. The molecule has 2 aliphatic rings. The molecule has 0 aromatic carbocycles. The Morgan fingerprint density at radius 3 is 2.82 bits per heavy atom. The van der Waals surface area contributed by atoms with Crippen LogP contribution in [0.3, 0.4) is 0 Å². The van der Waals surface area contributed by atoms with Crippen LogP contribution in [0.4, 0.5) is 0 Å². The zero-order chi connectivity index (χ0) is 12.6. The van der Waals surface area contributed by atoms with Crippen LogP contribution in [0.1, 0.15) is 33.6 Å². The van der Waals surface area contributed by atoms with E-state index in [4.69, 9.17) is 14.7 Å². The van der Waals surface area contributed by atoms with Crippen LogP contribution < -0.4 is 0 Å². The van der Waals surface area contributed by atoms with Crippen molar-refractivity contribution in [3.05, 3.63) is 0 Å². The van der Waals surface area contributed by atoms with Gasteiger partial charge in [-0.05, 0) is 32.6 Å². The maximum Gasteiger partial charge on any atom is 0.354 e. The average Bonchev–Trinajstić information content (AvgIpc) is 2.54. The average molecular weight is 241 g/mol. The molecule has 1 fully saturated rings. The Labute approximate surface area is 101 Å². The highest BCUT2D eigenvalue weighted by Gasteiger charge is 2.50. The summed E-state index contributed by atoms with van der Waals surface area (Å²) in [5.74, 6) is -0.745. The van der Waals surface area contributed by atoms with Crippen molar-refractivity contribution in [3.8, 4) is 0 Å². The summed E-state index contributed by atoms with van der Waals surface area (Å²) in [6.45, 7) is 6.57. The largest absolute Gasteiger partial charge is 0.477 e. The highest BCUT2D eigenvalue weighted by molar-refractivity contribution is 6.37. The van der Waals surface area contributed by atoms with Crippen molar-refractivity contribution < 1.29 is 19.5 Å². The molecule has 96 valence electrons. The van der Waals surface area contributed by atoms with Gasteiger partial charge in [0.2, 0.25) is 0 Å². The van der Waals surface area contributed by atoms with Crippen LogP contribution in [0, 0.1) is 11.8 Å². The Morgan fingerprint density at radius 2 is 2.24 bits per heavy atom. The predicted molar refractivity (Wildman–Crippen MR) is 61.9 cm³/mol. The van der Waals surface area contributed by atoms with E-state index >= 15 is 0 Å². The number of hydrogen-bond acceptors (Lipinski definition) is 4. The second-order valence-electron chi connectivity index (χ2n) is 5.49. The molecule has 0 spiro atoms. The van der Waals surface area contributed by atoms with Gasteiger partial charge in [0.1, 0.15) is 5.60 Å². The molecule has 17 heavy (non-hydrogen) atoms. The Bertz CT molecular complexity index is 350. The number of hydrogen-bond donors (Lipinski definition) is 1. The van der Waals surface area contributed by atoms with E-state index in [1.54, 1.807) is 0 Å². The van der Waals surface area contributed by atoms with E-state index in [1.165, 1.54) is 0 Å². The van der Waals surface area contributed by atoms with Gasteiger partial charge in [-0.3, -0.25) is 0 Å². The van der Waals surface area contributed by atoms with Crippen molar-refractivity contribution in [2.24, 2.45) is 17.0 Å². The quantitative estimate of drug-likeness (QED) is 0.798. The molecule has 2 heterocycles. The van der Waals surface area contributed by atoms with E-state index in [9.17, 15) is 4.79 Å². The van der Waals surface area contributed by atoms with Crippen LogP contribution in [0.25, 0.3) is 0 Å². The van der Waals surface area contributed by atoms with Crippen LogP contribution in [-0.2, 0) is 14.4 Å². The molecule has 2 rings (SSSR count). The fourth-order valence-corrected chi connectivity index (χ4v) is 2.64. The number of oxime groups is 1. The Morgan fingerprint density at radius 1 is 1.53 bits per heavy atom. The number of ether oxygens (including phenoxy) is 1. The maximum absolute atomic E-state index is 11.2. The number of rotatable bonds is 2. The number of carbonyl (C=O) groups is 1. The minimum atomic E-state index is -1.01. The van der Waals surface area contributed by atoms with Crippen LogP contribution in [0.2, 0.25) is 0 Å². The lowest BCUT2D eigenvalue weighted by atomic mass is 9.78. The van der Waals surface area contributed by atoms with Gasteiger partial charge in [0.25, 0.3) is 0 Å². The Balaban J connectivity index is 2.20. The molecule has 0 bridgehead atoms. The van der Waals surface area contributed by atoms with E-state index in [1.807, 2.05) is 13.8 Å². The monoisotopic (exact) mass is 241 g/mol. The molecule has 0 radical (unpaired) electrons. The smallest absolute Gasteiger partial charge is 0.354 e. The molecule has 3 atom stereocenters. The Hall–Kier alpha value is -1.10. The van der Waals surface area contributed by atoms with Crippen LogP contribution in [0.15, 0.2) is 5.16 Å². The van der Waals surface area contributed by atoms with Crippen molar-refractivity contribution in [3.63, 3.8) is 0 Å². The standard InChI is InChI=1S/C12H19NO4/c1-7-4-5-16-8(6-7)9-10(11(14)15)13-17-12(9,2)3/h7-9H,4-6H2,1-3H3,(H,14,15)/t7-,8-,9-/m0/s1. The molecule has 2 aliphatic heterocycles. The third kappa shape index (κ3) is 2.29. The number of nitrogens with zero attached hydrogens (tertiary/aromatic N) is 1. The molecule has 0 unspecified atom stereocenters. The summed E-state index contributed by atoms with van der Waals surface area (Å²) in [4.78, 5) is 16.4. The summed E-state index contributed by atoms with van der Waals surface area (Å²) in [5, 5.41) is 12.9. The number of carboxylic acids is 1. The van der Waals surface area contributed by atoms with E-state index in [0.717, 1.165) is 12.8 Å². The van der Waals surface area contributed by atoms with Crippen molar-refractivity contribution in [2.45, 2.75) is 45.3 Å². The number of aliphatic carboxylic acids is 1. The van der Waals surface area contributed by atoms with Gasteiger partial charge in [-0.25, -0.2) is 4.79 Å². The van der Waals surface area contributed by atoms with Gasteiger partial charge in [-0.15, -0.1) is 0 Å². The van der Waals surface area contributed by atoms with E-state index < -0.39 is 11.6 Å². The lowest BCUT2D eigenvalue weighted by Crippen LogP contribution is -2.46. The molecule has 0 aromatic heterocycles. The first kappa shape index (κ1) is 12.4. The molecule has 5 heteroatoms. The molecular weight excluding hydrogens is 222 g/mol. The highest BCUT2D eigenvalue weighted by Crippen LogP contribution is 2.37. The van der Waals surface area contributed by atoms with Crippen LogP contribution in [-0.4, -0.2) is 35.1 Å². The summed E-state index contributed by atoms with van der Waals surface area (Å²) >= 11 is 0. The van der Waals surface area contributed by atoms with E-state index in [0.29, 0.717) is 12.5 Å². The normalized spacial score (nSPS) is 36.2. The first-order valence-corrected chi connectivity index (χ1v) is 6.03. The zero-order valence-corrected chi connectivity index (χ0v) is 10.5. The molecule has 5 nitrogen and oxygen atoms in total. The van der Waals surface area contributed by atoms with Crippen molar-refractivity contribution in [2.75, 3.05) is 6.61 Å².